The van der Waals surface area contributed by atoms with Gasteiger partial charge in [0.15, 0.2) is 5.78 Å². The number of hydrogen-bond acceptors (Lipinski definition) is 3. The van der Waals surface area contributed by atoms with Crippen LogP contribution in [0.3, 0.4) is 0 Å². The third-order valence-electron chi connectivity index (χ3n) is 1.54. The maximum Gasteiger partial charge on any atom is 0.271 e. The summed E-state index contributed by atoms with van der Waals surface area (Å²) in [5, 5.41) is 10.5. The number of halogens is 2. The van der Waals surface area contributed by atoms with Gasteiger partial charge in [-0.2, -0.15) is 0 Å². The highest BCUT2D eigenvalue weighted by molar-refractivity contribution is 9.10. The molecule has 0 bridgehead atoms. The van der Waals surface area contributed by atoms with Crippen molar-refractivity contribution in [2.75, 3.05) is 5.88 Å². The molecule has 0 saturated heterocycles. The van der Waals surface area contributed by atoms with Gasteiger partial charge in [-0.15, -0.1) is 11.6 Å². The van der Waals surface area contributed by atoms with E-state index in [1.54, 1.807) is 0 Å². The molecule has 0 radical (unpaired) electrons. The summed E-state index contributed by atoms with van der Waals surface area (Å²) in [7, 11) is 0. The highest BCUT2D eigenvalue weighted by Crippen LogP contribution is 2.21. The third kappa shape index (κ3) is 2.52. The van der Waals surface area contributed by atoms with Crippen LogP contribution in [0.5, 0.6) is 0 Å². The third-order valence-corrected chi connectivity index (χ3v) is 2.24. The number of hydrogen-bond donors (Lipinski definition) is 0. The zero-order valence-corrected chi connectivity index (χ0v) is 9.21. The first-order valence-corrected chi connectivity index (χ1v) is 4.91. The van der Waals surface area contributed by atoms with Gasteiger partial charge in [-0.1, -0.05) is 15.9 Å². The van der Waals surface area contributed by atoms with Crippen molar-refractivity contribution in [2.24, 2.45) is 0 Å². The van der Waals surface area contributed by atoms with Gasteiger partial charge in [-0.3, -0.25) is 14.9 Å². The zero-order valence-electron chi connectivity index (χ0n) is 6.87. The Balaban J connectivity index is 3.20. The van der Waals surface area contributed by atoms with Gasteiger partial charge in [0.05, 0.1) is 10.8 Å². The second kappa shape index (κ2) is 4.52. The Morgan fingerprint density at radius 2 is 2.14 bits per heavy atom. The molecule has 1 rings (SSSR count). The molecule has 0 aromatic heterocycles. The average molecular weight is 278 g/mol. The van der Waals surface area contributed by atoms with Gasteiger partial charge < -0.3 is 0 Å². The number of alkyl halides is 1. The smallest absolute Gasteiger partial charge is 0.271 e. The van der Waals surface area contributed by atoms with Gasteiger partial charge in [0.1, 0.15) is 0 Å². The van der Waals surface area contributed by atoms with Crippen LogP contribution in [-0.4, -0.2) is 16.6 Å². The Kier molecular flexibility index (Phi) is 3.60. The first kappa shape index (κ1) is 11.1. The second-order valence-corrected chi connectivity index (χ2v) is 3.69. The van der Waals surface area contributed by atoms with Crippen molar-refractivity contribution in [3.63, 3.8) is 0 Å². The Morgan fingerprint density at radius 3 is 2.64 bits per heavy atom. The summed E-state index contributed by atoms with van der Waals surface area (Å²) >= 11 is 8.42. The number of rotatable bonds is 3. The number of Topliss-reactive ketones (excluding diaryl/α,β-unsaturated/α-hetero) is 1. The van der Waals surface area contributed by atoms with Crippen LogP contribution in [0.15, 0.2) is 22.7 Å². The standard InChI is InChI=1S/C8H5BrClNO3/c9-6-1-5(8(12)4-10)2-7(3-6)11(13)14/h1-3H,4H2. The van der Waals surface area contributed by atoms with Crippen molar-refractivity contribution in [2.45, 2.75) is 0 Å². The molecule has 14 heavy (non-hydrogen) atoms. The maximum absolute atomic E-state index is 11.2. The molecule has 0 spiro atoms. The molecular formula is C8H5BrClNO3. The molecule has 0 aliphatic carbocycles. The van der Waals surface area contributed by atoms with Crippen LogP contribution in [0.4, 0.5) is 5.69 Å². The van der Waals surface area contributed by atoms with Crippen molar-refractivity contribution in [3.8, 4) is 0 Å². The normalized spacial score (nSPS) is 9.86. The number of carbonyl (C=O) groups excluding carboxylic acids is 1. The summed E-state index contributed by atoms with van der Waals surface area (Å²) in [4.78, 5) is 21.1. The summed E-state index contributed by atoms with van der Waals surface area (Å²) in [5.41, 5.74) is 0.105. The lowest BCUT2D eigenvalue weighted by Gasteiger charge is -1.98. The summed E-state index contributed by atoms with van der Waals surface area (Å²) < 4.78 is 0.486. The number of ketones is 1. The lowest BCUT2D eigenvalue weighted by Crippen LogP contribution is -2.01. The molecular weight excluding hydrogens is 273 g/mol. The topological polar surface area (TPSA) is 60.2 Å². The van der Waals surface area contributed by atoms with Crippen LogP contribution in [0.2, 0.25) is 0 Å². The quantitative estimate of drug-likeness (QED) is 0.370. The Morgan fingerprint density at radius 1 is 1.50 bits per heavy atom. The van der Waals surface area contributed by atoms with Gasteiger partial charge in [-0.05, 0) is 6.07 Å². The Hall–Kier alpha value is -0.940. The van der Waals surface area contributed by atoms with Gasteiger partial charge in [0, 0.05) is 22.2 Å². The van der Waals surface area contributed by atoms with Gasteiger partial charge in [-0.25, -0.2) is 0 Å². The van der Waals surface area contributed by atoms with Crippen LogP contribution in [0, 0.1) is 10.1 Å². The van der Waals surface area contributed by atoms with E-state index in [1.807, 2.05) is 0 Å². The molecule has 4 nitrogen and oxygen atoms in total. The van der Waals surface area contributed by atoms with Gasteiger partial charge in [0.25, 0.3) is 5.69 Å². The number of benzene rings is 1. The van der Waals surface area contributed by atoms with E-state index in [2.05, 4.69) is 15.9 Å². The van der Waals surface area contributed by atoms with Crippen LogP contribution < -0.4 is 0 Å². The van der Waals surface area contributed by atoms with Crippen LogP contribution in [0.1, 0.15) is 10.4 Å². The first-order valence-electron chi connectivity index (χ1n) is 3.58. The molecule has 0 heterocycles. The lowest BCUT2D eigenvalue weighted by molar-refractivity contribution is -0.384. The molecule has 0 atom stereocenters. The summed E-state index contributed by atoms with van der Waals surface area (Å²) in [6, 6.07) is 4.03. The van der Waals surface area contributed by atoms with Crippen molar-refractivity contribution >= 4 is 39.0 Å². The van der Waals surface area contributed by atoms with Gasteiger partial charge in [0.2, 0.25) is 0 Å². The molecule has 0 amide bonds. The fourth-order valence-electron chi connectivity index (χ4n) is 0.918. The van der Waals surface area contributed by atoms with E-state index < -0.39 is 4.92 Å². The minimum Gasteiger partial charge on any atom is -0.293 e. The van der Waals surface area contributed by atoms with Crippen molar-refractivity contribution in [1.29, 1.82) is 0 Å². The van der Waals surface area contributed by atoms with E-state index in [9.17, 15) is 14.9 Å². The molecule has 6 heteroatoms. The molecule has 0 aliphatic rings. The number of nitro benzene ring substituents is 1. The van der Waals surface area contributed by atoms with Crippen LogP contribution in [0.25, 0.3) is 0 Å². The second-order valence-electron chi connectivity index (χ2n) is 2.51. The van der Waals surface area contributed by atoms with E-state index in [4.69, 9.17) is 11.6 Å². The van der Waals surface area contributed by atoms with E-state index in [-0.39, 0.29) is 22.9 Å². The molecule has 0 unspecified atom stereocenters. The monoisotopic (exact) mass is 277 g/mol. The first-order chi connectivity index (χ1) is 6.54. The zero-order chi connectivity index (χ0) is 10.7. The minimum absolute atomic E-state index is 0.132. The molecule has 1 aromatic rings. The summed E-state index contributed by atoms with van der Waals surface area (Å²) in [6.45, 7) is 0. The highest BCUT2D eigenvalue weighted by Gasteiger charge is 2.12. The number of nitrogens with zero attached hydrogens (tertiary/aromatic N) is 1. The lowest BCUT2D eigenvalue weighted by atomic mass is 10.1. The molecule has 0 saturated carbocycles. The van der Waals surface area contributed by atoms with E-state index >= 15 is 0 Å². The maximum atomic E-state index is 11.2. The predicted octanol–water partition coefficient (Wildman–Crippen LogP) is 2.78. The van der Waals surface area contributed by atoms with Crippen molar-refractivity contribution < 1.29 is 9.72 Å². The van der Waals surface area contributed by atoms with Crippen molar-refractivity contribution in [1.82, 2.24) is 0 Å². The summed E-state index contributed by atoms with van der Waals surface area (Å²) in [6.07, 6.45) is 0. The minimum atomic E-state index is -0.560. The fraction of sp³-hybridized carbons (Fsp3) is 0.125. The van der Waals surface area contributed by atoms with Crippen molar-refractivity contribution in [3.05, 3.63) is 38.3 Å². The number of nitro groups is 1. The molecule has 0 aliphatic heterocycles. The average Bonchev–Trinajstić information content (AvgIpc) is 2.15. The van der Waals surface area contributed by atoms with E-state index in [0.29, 0.717) is 4.47 Å². The number of carbonyl (C=O) groups is 1. The van der Waals surface area contributed by atoms with E-state index in [1.165, 1.54) is 18.2 Å². The van der Waals surface area contributed by atoms with Gasteiger partial charge >= 0.3 is 0 Å². The van der Waals surface area contributed by atoms with E-state index in [0.717, 1.165) is 0 Å². The molecule has 74 valence electrons. The van der Waals surface area contributed by atoms with Crippen LogP contribution >= 0.6 is 27.5 Å². The SMILES string of the molecule is O=C(CCl)c1cc(Br)cc([N+](=O)[O-])c1. The fourth-order valence-corrected chi connectivity index (χ4v) is 1.55. The Bertz CT molecular complexity index is 394. The van der Waals surface area contributed by atoms with Crippen LogP contribution in [-0.2, 0) is 0 Å². The largest absolute Gasteiger partial charge is 0.293 e. The molecule has 0 N–H and O–H groups in total. The highest BCUT2D eigenvalue weighted by atomic mass is 79.9. The Labute approximate surface area is 93.1 Å². The number of non-ortho nitro benzene ring substituents is 1. The molecule has 0 fully saturated rings. The molecule has 1 aromatic carbocycles. The predicted molar refractivity (Wildman–Crippen MR) is 55.8 cm³/mol. The summed E-state index contributed by atoms with van der Waals surface area (Å²) in [5.74, 6) is -0.524.